The van der Waals surface area contributed by atoms with E-state index in [1.807, 2.05) is 0 Å². The molecule has 0 amide bonds. The molecule has 0 radical (unpaired) electrons. The Bertz CT molecular complexity index is 127. The Hall–Kier alpha value is -0.0400. The Morgan fingerprint density at radius 3 is 1.87 bits per heavy atom. The van der Waals surface area contributed by atoms with Crippen LogP contribution in [0.25, 0.3) is 0 Å². The minimum atomic E-state index is 0.406. The molecule has 0 aromatic carbocycles. The van der Waals surface area contributed by atoms with Crippen LogP contribution in [0.1, 0.15) is 78.6 Å². The molecule has 0 bridgehead atoms. The van der Waals surface area contributed by atoms with E-state index in [1.54, 1.807) is 0 Å². The van der Waals surface area contributed by atoms with Gasteiger partial charge >= 0.3 is 0 Å². The van der Waals surface area contributed by atoms with Crippen LogP contribution in [-0.4, -0.2) is 6.54 Å². The molecule has 0 aromatic heterocycles. The Morgan fingerprint density at radius 1 is 0.867 bits per heavy atom. The average molecular weight is 213 g/mol. The van der Waals surface area contributed by atoms with Crippen LogP contribution in [0.5, 0.6) is 0 Å². The lowest BCUT2D eigenvalue weighted by Gasteiger charge is -2.26. The second kappa shape index (κ2) is 9.21. The first-order valence-corrected chi connectivity index (χ1v) is 6.88. The quantitative estimate of drug-likeness (QED) is 0.531. The summed E-state index contributed by atoms with van der Waals surface area (Å²) in [4.78, 5) is 0. The Balaban J connectivity index is 3.29. The molecule has 0 saturated carbocycles. The van der Waals surface area contributed by atoms with Gasteiger partial charge in [0.1, 0.15) is 0 Å². The zero-order valence-corrected chi connectivity index (χ0v) is 11.1. The van der Waals surface area contributed by atoms with Crippen molar-refractivity contribution in [3.63, 3.8) is 0 Å². The van der Waals surface area contributed by atoms with Crippen molar-refractivity contribution in [3.8, 4) is 0 Å². The third-order valence-corrected chi connectivity index (χ3v) is 3.73. The number of unbranched alkanes of at least 4 members (excludes halogenated alkanes) is 6. The highest BCUT2D eigenvalue weighted by Crippen LogP contribution is 2.27. The van der Waals surface area contributed by atoms with Gasteiger partial charge < -0.3 is 5.73 Å². The van der Waals surface area contributed by atoms with E-state index in [4.69, 9.17) is 5.73 Å². The first-order chi connectivity index (χ1) is 7.18. The lowest BCUT2D eigenvalue weighted by molar-refractivity contribution is 0.283. The topological polar surface area (TPSA) is 26.0 Å². The summed E-state index contributed by atoms with van der Waals surface area (Å²) in [7, 11) is 0. The van der Waals surface area contributed by atoms with Gasteiger partial charge in [0.2, 0.25) is 0 Å². The molecular weight excluding hydrogens is 182 g/mol. The van der Waals surface area contributed by atoms with Gasteiger partial charge in [-0.25, -0.2) is 0 Å². The van der Waals surface area contributed by atoms with Crippen LogP contribution in [0.3, 0.4) is 0 Å². The molecule has 15 heavy (non-hydrogen) atoms. The molecule has 0 heterocycles. The van der Waals surface area contributed by atoms with E-state index >= 15 is 0 Å². The Labute approximate surface area is 96.8 Å². The van der Waals surface area contributed by atoms with Crippen molar-refractivity contribution >= 4 is 0 Å². The zero-order valence-electron chi connectivity index (χ0n) is 11.1. The van der Waals surface area contributed by atoms with Crippen molar-refractivity contribution in [3.05, 3.63) is 0 Å². The summed E-state index contributed by atoms with van der Waals surface area (Å²) in [6, 6.07) is 0. The van der Waals surface area contributed by atoms with E-state index in [2.05, 4.69) is 20.8 Å². The van der Waals surface area contributed by atoms with Gasteiger partial charge in [-0.15, -0.1) is 0 Å². The monoisotopic (exact) mass is 213 g/mol. The molecule has 92 valence electrons. The highest BCUT2D eigenvalue weighted by Gasteiger charge is 2.18. The molecule has 1 unspecified atom stereocenters. The maximum absolute atomic E-state index is 5.80. The van der Waals surface area contributed by atoms with E-state index in [0.29, 0.717) is 5.41 Å². The Kier molecular flexibility index (Phi) is 9.18. The van der Waals surface area contributed by atoms with Gasteiger partial charge in [-0.05, 0) is 24.8 Å². The lowest BCUT2D eigenvalue weighted by Crippen LogP contribution is -2.26. The van der Waals surface area contributed by atoms with E-state index in [0.717, 1.165) is 6.54 Å². The minimum absolute atomic E-state index is 0.406. The molecule has 0 aromatic rings. The van der Waals surface area contributed by atoms with Gasteiger partial charge in [-0.1, -0.05) is 65.7 Å². The van der Waals surface area contributed by atoms with Crippen LogP contribution in [0.15, 0.2) is 0 Å². The predicted molar refractivity (Wildman–Crippen MR) is 70.1 cm³/mol. The predicted octanol–water partition coefficient (Wildman–Crippen LogP) is 4.50. The van der Waals surface area contributed by atoms with Crippen LogP contribution in [0.2, 0.25) is 0 Å². The smallest absolute Gasteiger partial charge is 0.00233 e. The highest BCUT2D eigenvalue weighted by atomic mass is 14.6. The molecule has 0 spiro atoms. The fourth-order valence-electron chi connectivity index (χ4n) is 1.93. The first-order valence-electron chi connectivity index (χ1n) is 6.88. The van der Waals surface area contributed by atoms with Gasteiger partial charge in [-0.2, -0.15) is 0 Å². The number of rotatable bonds is 10. The van der Waals surface area contributed by atoms with Gasteiger partial charge in [0.05, 0.1) is 0 Å². The fraction of sp³-hybridized carbons (Fsp3) is 1.00. The summed E-state index contributed by atoms with van der Waals surface area (Å²) >= 11 is 0. The van der Waals surface area contributed by atoms with Gasteiger partial charge in [0.15, 0.2) is 0 Å². The SMILES string of the molecule is CCCCCCCCCC(C)(CC)CN. The number of hydrogen-bond acceptors (Lipinski definition) is 1. The maximum Gasteiger partial charge on any atom is -0.00233 e. The summed E-state index contributed by atoms with van der Waals surface area (Å²) in [5.41, 5.74) is 6.20. The molecule has 0 rings (SSSR count). The second-order valence-electron chi connectivity index (χ2n) is 5.24. The molecule has 2 N–H and O–H groups in total. The van der Waals surface area contributed by atoms with Crippen LogP contribution >= 0.6 is 0 Å². The summed E-state index contributed by atoms with van der Waals surface area (Å²) in [6.45, 7) is 7.70. The minimum Gasteiger partial charge on any atom is -0.330 e. The lowest BCUT2D eigenvalue weighted by atomic mass is 9.82. The molecule has 0 aliphatic rings. The van der Waals surface area contributed by atoms with Crippen LogP contribution in [-0.2, 0) is 0 Å². The third kappa shape index (κ3) is 7.84. The molecule has 1 heteroatoms. The van der Waals surface area contributed by atoms with Crippen LogP contribution in [0, 0.1) is 5.41 Å². The standard InChI is InChI=1S/C14H31N/c1-4-6-7-8-9-10-11-12-14(3,5-2)13-15/h4-13,15H2,1-3H3. The van der Waals surface area contributed by atoms with E-state index in [9.17, 15) is 0 Å². The van der Waals surface area contributed by atoms with Crippen LogP contribution < -0.4 is 5.73 Å². The first kappa shape index (κ1) is 15.0. The van der Waals surface area contributed by atoms with Crippen molar-refractivity contribution in [1.29, 1.82) is 0 Å². The molecular formula is C14H31N. The molecule has 1 atom stereocenters. The second-order valence-corrected chi connectivity index (χ2v) is 5.24. The van der Waals surface area contributed by atoms with Crippen molar-refractivity contribution < 1.29 is 0 Å². The normalized spacial score (nSPS) is 15.2. The molecule has 0 fully saturated rings. The van der Waals surface area contributed by atoms with Crippen molar-refractivity contribution in [2.75, 3.05) is 6.54 Å². The largest absolute Gasteiger partial charge is 0.330 e. The molecule has 0 aliphatic carbocycles. The van der Waals surface area contributed by atoms with Gasteiger partial charge in [0, 0.05) is 0 Å². The molecule has 0 aliphatic heterocycles. The van der Waals surface area contributed by atoms with Gasteiger partial charge in [-0.3, -0.25) is 0 Å². The van der Waals surface area contributed by atoms with Crippen LogP contribution in [0.4, 0.5) is 0 Å². The van der Waals surface area contributed by atoms with Crippen molar-refractivity contribution in [2.24, 2.45) is 11.1 Å². The fourth-order valence-corrected chi connectivity index (χ4v) is 1.93. The van der Waals surface area contributed by atoms with Gasteiger partial charge in [0.25, 0.3) is 0 Å². The van der Waals surface area contributed by atoms with Crippen molar-refractivity contribution in [1.82, 2.24) is 0 Å². The third-order valence-electron chi connectivity index (χ3n) is 3.73. The summed E-state index contributed by atoms with van der Waals surface area (Å²) in [6.07, 6.45) is 12.3. The summed E-state index contributed by atoms with van der Waals surface area (Å²) in [5.74, 6) is 0. The Morgan fingerprint density at radius 2 is 1.40 bits per heavy atom. The summed E-state index contributed by atoms with van der Waals surface area (Å²) < 4.78 is 0. The van der Waals surface area contributed by atoms with E-state index in [1.165, 1.54) is 57.8 Å². The summed E-state index contributed by atoms with van der Waals surface area (Å²) in [5, 5.41) is 0. The number of nitrogens with two attached hydrogens (primary N) is 1. The number of hydrogen-bond donors (Lipinski definition) is 1. The molecule has 1 nitrogen and oxygen atoms in total. The maximum atomic E-state index is 5.80. The van der Waals surface area contributed by atoms with E-state index in [-0.39, 0.29) is 0 Å². The van der Waals surface area contributed by atoms with Crippen molar-refractivity contribution in [2.45, 2.75) is 78.6 Å². The van der Waals surface area contributed by atoms with E-state index < -0.39 is 0 Å². The highest BCUT2D eigenvalue weighted by molar-refractivity contribution is 4.73. The average Bonchev–Trinajstić information content (AvgIpc) is 2.27. The molecule has 0 saturated heterocycles. The zero-order chi connectivity index (χ0) is 11.6.